The molecule has 0 radical (unpaired) electrons. The maximum absolute atomic E-state index is 12.5. The van der Waals surface area contributed by atoms with Crippen molar-refractivity contribution in [1.82, 2.24) is 4.90 Å². The van der Waals surface area contributed by atoms with Crippen LogP contribution in [0, 0.1) is 0 Å². The molecule has 0 saturated heterocycles. The van der Waals surface area contributed by atoms with Crippen LogP contribution in [0.15, 0.2) is 54.6 Å². The fraction of sp³-hybridized carbons (Fsp3) is 0.316. The van der Waals surface area contributed by atoms with Crippen LogP contribution in [-0.4, -0.2) is 30.4 Å². The van der Waals surface area contributed by atoms with Crippen LogP contribution in [-0.2, 0) is 17.8 Å². The predicted octanol–water partition coefficient (Wildman–Crippen LogP) is 3.10. The molecule has 0 spiro atoms. The minimum Gasteiger partial charge on any atom is -0.359 e. The van der Waals surface area contributed by atoms with Crippen LogP contribution in [0.3, 0.4) is 0 Å². The van der Waals surface area contributed by atoms with Gasteiger partial charge in [-0.1, -0.05) is 48.5 Å². The second-order valence-corrected chi connectivity index (χ2v) is 6.05. The molecule has 1 aliphatic heterocycles. The van der Waals surface area contributed by atoms with Crippen molar-refractivity contribution in [2.24, 2.45) is 0 Å². The topological polar surface area (TPSA) is 23.6 Å². The van der Waals surface area contributed by atoms with Crippen molar-refractivity contribution in [3.63, 3.8) is 0 Å². The van der Waals surface area contributed by atoms with Crippen LogP contribution < -0.4 is 4.90 Å². The highest BCUT2D eigenvalue weighted by atomic mass is 16.2. The van der Waals surface area contributed by atoms with E-state index in [0.717, 1.165) is 12.0 Å². The first-order valence-corrected chi connectivity index (χ1v) is 7.77. The molecular weight excluding hydrogens is 272 g/mol. The zero-order chi connectivity index (χ0) is 15.5. The summed E-state index contributed by atoms with van der Waals surface area (Å²) in [6.07, 6.45) is 1.02. The van der Waals surface area contributed by atoms with Gasteiger partial charge in [0.25, 0.3) is 0 Å². The molecule has 0 aliphatic carbocycles. The van der Waals surface area contributed by atoms with Crippen LogP contribution >= 0.6 is 0 Å². The van der Waals surface area contributed by atoms with Gasteiger partial charge in [-0.15, -0.1) is 0 Å². The number of fused-ring (bicyclic) bond motifs is 1. The molecule has 3 nitrogen and oxygen atoms in total. The highest BCUT2D eigenvalue weighted by molar-refractivity contribution is 5.82. The van der Waals surface area contributed by atoms with Gasteiger partial charge in [-0.25, -0.2) is 0 Å². The molecule has 2 aromatic rings. The Kier molecular flexibility index (Phi) is 4.14. The van der Waals surface area contributed by atoms with Gasteiger partial charge in [0.2, 0.25) is 5.91 Å². The first kappa shape index (κ1) is 14.6. The zero-order valence-corrected chi connectivity index (χ0v) is 13.2. The van der Waals surface area contributed by atoms with Gasteiger partial charge < -0.3 is 9.80 Å². The van der Waals surface area contributed by atoms with E-state index in [9.17, 15) is 4.79 Å². The average molecular weight is 294 g/mol. The summed E-state index contributed by atoms with van der Waals surface area (Å²) >= 11 is 0. The lowest BCUT2D eigenvalue weighted by Crippen LogP contribution is -2.40. The SMILES string of the molecule is CC1Cc2ccccc2N1CC(=O)N(C)Cc1ccccc1. The van der Waals surface area contributed by atoms with Crippen LogP contribution in [0.2, 0.25) is 0 Å². The van der Waals surface area contributed by atoms with Crippen LogP contribution in [0.1, 0.15) is 18.1 Å². The fourth-order valence-electron chi connectivity index (χ4n) is 3.08. The van der Waals surface area contributed by atoms with E-state index >= 15 is 0 Å². The molecule has 0 N–H and O–H groups in total. The second-order valence-electron chi connectivity index (χ2n) is 6.05. The summed E-state index contributed by atoms with van der Waals surface area (Å²) in [4.78, 5) is 16.6. The number of nitrogens with zero attached hydrogens (tertiary/aromatic N) is 2. The summed E-state index contributed by atoms with van der Waals surface area (Å²) in [5, 5.41) is 0. The minimum absolute atomic E-state index is 0.160. The number of carbonyl (C=O) groups is 1. The molecule has 3 heteroatoms. The van der Waals surface area contributed by atoms with Crippen molar-refractivity contribution in [2.45, 2.75) is 25.9 Å². The lowest BCUT2D eigenvalue weighted by atomic mass is 10.1. The summed E-state index contributed by atoms with van der Waals surface area (Å²) < 4.78 is 0. The average Bonchev–Trinajstić information content (AvgIpc) is 2.84. The number of hydrogen-bond acceptors (Lipinski definition) is 2. The summed E-state index contributed by atoms with van der Waals surface area (Å²) in [5.41, 5.74) is 3.71. The van der Waals surface area contributed by atoms with E-state index in [1.807, 2.05) is 36.2 Å². The number of amides is 1. The number of hydrogen-bond donors (Lipinski definition) is 0. The highest BCUT2D eigenvalue weighted by Crippen LogP contribution is 2.31. The lowest BCUT2D eigenvalue weighted by Gasteiger charge is -2.27. The van der Waals surface area contributed by atoms with Gasteiger partial charge in [0, 0.05) is 25.3 Å². The van der Waals surface area contributed by atoms with Gasteiger partial charge in [0.15, 0.2) is 0 Å². The molecule has 114 valence electrons. The van der Waals surface area contributed by atoms with E-state index in [-0.39, 0.29) is 5.91 Å². The zero-order valence-electron chi connectivity index (χ0n) is 13.2. The molecule has 0 fully saturated rings. The summed E-state index contributed by atoms with van der Waals surface area (Å²) in [6.45, 7) is 3.29. The van der Waals surface area contributed by atoms with Crippen LogP contribution in [0.5, 0.6) is 0 Å². The van der Waals surface area contributed by atoms with Gasteiger partial charge in [-0.05, 0) is 30.5 Å². The lowest BCUT2D eigenvalue weighted by molar-refractivity contribution is -0.129. The number of benzene rings is 2. The molecule has 0 bridgehead atoms. The van der Waals surface area contributed by atoms with E-state index < -0.39 is 0 Å². The summed E-state index contributed by atoms with van der Waals surface area (Å²) in [7, 11) is 1.88. The summed E-state index contributed by atoms with van der Waals surface area (Å²) in [5.74, 6) is 0.160. The molecule has 1 unspecified atom stereocenters. The number of carbonyl (C=O) groups excluding carboxylic acids is 1. The molecule has 1 heterocycles. The standard InChI is InChI=1S/C19H22N2O/c1-15-12-17-10-6-7-11-18(17)21(15)14-19(22)20(2)13-16-8-4-3-5-9-16/h3-11,15H,12-14H2,1-2H3. The highest BCUT2D eigenvalue weighted by Gasteiger charge is 2.27. The van der Waals surface area contributed by atoms with Gasteiger partial charge in [-0.3, -0.25) is 4.79 Å². The van der Waals surface area contributed by atoms with Gasteiger partial charge in [-0.2, -0.15) is 0 Å². The first-order valence-electron chi connectivity index (χ1n) is 7.77. The van der Waals surface area contributed by atoms with E-state index in [1.165, 1.54) is 11.3 Å². The van der Waals surface area contributed by atoms with Gasteiger partial charge in [0.05, 0.1) is 6.54 Å². The molecule has 3 rings (SSSR count). The van der Waals surface area contributed by atoms with Crippen molar-refractivity contribution in [3.8, 4) is 0 Å². The first-order chi connectivity index (χ1) is 10.6. The van der Waals surface area contributed by atoms with Crippen LogP contribution in [0.25, 0.3) is 0 Å². The van der Waals surface area contributed by atoms with E-state index in [0.29, 0.717) is 19.1 Å². The van der Waals surface area contributed by atoms with Crippen LogP contribution in [0.4, 0.5) is 5.69 Å². The largest absolute Gasteiger partial charge is 0.359 e. The molecular formula is C19H22N2O. The molecule has 1 atom stereocenters. The minimum atomic E-state index is 0.160. The van der Waals surface area contributed by atoms with Crippen molar-refractivity contribution < 1.29 is 4.79 Å². The molecule has 0 aromatic heterocycles. The Balaban J connectivity index is 1.67. The maximum Gasteiger partial charge on any atom is 0.242 e. The number of anilines is 1. The third-order valence-electron chi connectivity index (χ3n) is 4.34. The molecule has 22 heavy (non-hydrogen) atoms. The number of rotatable bonds is 4. The molecule has 0 saturated carbocycles. The quantitative estimate of drug-likeness (QED) is 0.865. The molecule has 1 aliphatic rings. The third kappa shape index (κ3) is 2.98. The predicted molar refractivity (Wildman–Crippen MR) is 89.9 cm³/mol. The number of likely N-dealkylation sites (N-methyl/N-ethyl adjacent to an activating group) is 1. The Morgan fingerprint density at radius 3 is 2.59 bits per heavy atom. The van der Waals surface area contributed by atoms with E-state index in [2.05, 4.69) is 42.2 Å². The van der Waals surface area contributed by atoms with Gasteiger partial charge in [0.1, 0.15) is 0 Å². The smallest absolute Gasteiger partial charge is 0.242 e. The molecule has 1 amide bonds. The maximum atomic E-state index is 12.5. The Morgan fingerprint density at radius 1 is 1.14 bits per heavy atom. The van der Waals surface area contributed by atoms with Crippen molar-refractivity contribution >= 4 is 11.6 Å². The van der Waals surface area contributed by atoms with E-state index in [4.69, 9.17) is 0 Å². The third-order valence-corrected chi connectivity index (χ3v) is 4.34. The van der Waals surface area contributed by atoms with Gasteiger partial charge >= 0.3 is 0 Å². The van der Waals surface area contributed by atoms with E-state index in [1.54, 1.807) is 0 Å². The fourth-order valence-corrected chi connectivity index (χ4v) is 3.08. The summed E-state index contributed by atoms with van der Waals surface area (Å²) in [6, 6.07) is 18.9. The van der Waals surface area contributed by atoms with Crippen molar-refractivity contribution in [1.29, 1.82) is 0 Å². The normalized spacial score (nSPS) is 16.5. The Morgan fingerprint density at radius 2 is 1.82 bits per heavy atom. The van der Waals surface area contributed by atoms with Crippen molar-refractivity contribution in [3.05, 3.63) is 65.7 Å². The number of para-hydroxylation sites is 1. The molecule has 2 aromatic carbocycles. The Bertz CT molecular complexity index is 653. The Hall–Kier alpha value is -2.29. The Labute approximate surface area is 132 Å². The monoisotopic (exact) mass is 294 g/mol. The van der Waals surface area contributed by atoms with Crippen molar-refractivity contribution in [2.75, 3.05) is 18.5 Å². The second kappa shape index (κ2) is 6.22.